The lowest BCUT2D eigenvalue weighted by molar-refractivity contribution is -0.139. The summed E-state index contributed by atoms with van der Waals surface area (Å²) in [7, 11) is -10.5. The van der Waals surface area contributed by atoms with Gasteiger partial charge < -0.3 is 24.7 Å². The maximum absolute atomic E-state index is 11.1. The molecule has 118 valence electrons. The summed E-state index contributed by atoms with van der Waals surface area (Å²) in [6, 6.07) is 6.58. The average Bonchev–Trinajstić information content (AvgIpc) is 2.32. The molecule has 0 bridgehead atoms. The quantitative estimate of drug-likeness (QED) is 0.372. The van der Waals surface area contributed by atoms with E-state index in [2.05, 4.69) is 0 Å². The number of carboxylic acid groups (broad SMARTS) is 1. The van der Waals surface area contributed by atoms with E-state index in [0.29, 0.717) is 5.56 Å². The first-order valence-electron chi connectivity index (χ1n) is 5.65. The van der Waals surface area contributed by atoms with Crippen molar-refractivity contribution < 1.29 is 38.6 Å². The van der Waals surface area contributed by atoms with Crippen molar-refractivity contribution in [3.05, 3.63) is 35.9 Å². The van der Waals surface area contributed by atoms with Crippen LogP contribution in [0.4, 0.5) is 0 Å². The van der Waals surface area contributed by atoms with Crippen LogP contribution < -0.4 is 5.32 Å². The lowest BCUT2D eigenvalue weighted by Gasteiger charge is -2.24. The molecule has 21 heavy (non-hydrogen) atoms. The predicted octanol–water partition coefficient (Wildman–Crippen LogP) is -0.0891. The largest absolute Gasteiger partial charge is 0.480 e. The van der Waals surface area contributed by atoms with Crippen LogP contribution in [0.5, 0.6) is 0 Å². The molecular weight excluding hydrogens is 324 g/mol. The Morgan fingerprint density at radius 3 is 1.90 bits per heavy atom. The first kappa shape index (κ1) is 18.0. The van der Waals surface area contributed by atoms with Crippen molar-refractivity contribution in [1.29, 1.82) is 0 Å². The molecule has 0 aliphatic rings. The summed E-state index contributed by atoms with van der Waals surface area (Å²) in [4.78, 5) is 47.0. The third-order valence-electron chi connectivity index (χ3n) is 2.57. The van der Waals surface area contributed by atoms with Crippen molar-refractivity contribution in [3.8, 4) is 0 Å². The molecule has 0 aromatic heterocycles. The molecule has 1 aromatic carbocycles. The highest BCUT2D eigenvalue weighted by Gasteiger charge is 2.45. The summed E-state index contributed by atoms with van der Waals surface area (Å²) in [5.74, 6) is -1.48. The highest BCUT2D eigenvalue weighted by atomic mass is 31.2. The van der Waals surface area contributed by atoms with Gasteiger partial charge in [-0.05, 0) is 12.0 Å². The molecular formula is C10H15NO8P2. The number of benzene rings is 1. The molecule has 0 spiro atoms. The summed E-state index contributed by atoms with van der Waals surface area (Å²) in [6.45, 7) is 0. The van der Waals surface area contributed by atoms with Gasteiger partial charge in [-0.15, -0.1) is 0 Å². The van der Waals surface area contributed by atoms with E-state index in [1.54, 1.807) is 30.3 Å². The Kier molecular flexibility index (Phi) is 5.83. The summed E-state index contributed by atoms with van der Waals surface area (Å²) < 4.78 is 22.3. The van der Waals surface area contributed by atoms with Gasteiger partial charge in [0.1, 0.15) is 6.04 Å². The number of hydrogen-bond donors (Lipinski definition) is 6. The summed E-state index contributed by atoms with van der Waals surface area (Å²) in [5, 5.41) is 10.9. The topological polar surface area (TPSA) is 164 Å². The van der Waals surface area contributed by atoms with Crippen molar-refractivity contribution in [2.75, 3.05) is 0 Å². The monoisotopic (exact) mass is 339 g/mol. The fourth-order valence-corrected chi connectivity index (χ4v) is 3.95. The molecule has 0 fully saturated rings. The molecule has 9 nitrogen and oxygen atoms in total. The van der Waals surface area contributed by atoms with Crippen LogP contribution in [0.1, 0.15) is 5.56 Å². The normalized spacial score (nSPS) is 14.1. The Hall–Kier alpha value is -1.05. The Labute approximate surface area is 119 Å². The summed E-state index contributed by atoms with van der Waals surface area (Å²) in [6.07, 6.45) is -0.188. The van der Waals surface area contributed by atoms with E-state index in [1.807, 2.05) is 5.32 Å². The van der Waals surface area contributed by atoms with Crippen LogP contribution in [0.3, 0.4) is 0 Å². The number of carboxylic acids is 1. The Morgan fingerprint density at radius 1 is 1.05 bits per heavy atom. The molecule has 1 rings (SSSR count). The van der Waals surface area contributed by atoms with Crippen molar-refractivity contribution in [3.63, 3.8) is 0 Å². The van der Waals surface area contributed by atoms with Crippen molar-refractivity contribution in [2.24, 2.45) is 0 Å². The van der Waals surface area contributed by atoms with Crippen molar-refractivity contribution in [2.45, 2.75) is 18.0 Å². The third kappa shape index (κ3) is 5.68. The molecule has 0 saturated heterocycles. The van der Waals surface area contributed by atoms with Gasteiger partial charge in [0, 0.05) is 0 Å². The maximum Gasteiger partial charge on any atom is 0.354 e. The van der Waals surface area contributed by atoms with Gasteiger partial charge in [0.05, 0.1) is 0 Å². The number of aliphatic carboxylic acids is 1. The second-order valence-corrected chi connectivity index (χ2v) is 8.10. The van der Waals surface area contributed by atoms with Crippen LogP contribution in [0, 0.1) is 0 Å². The van der Waals surface area contributed by atoms with Gasteiger partial charge in [0.25, 0.3) is 0 Å². The average molecular weight is 339 g/mol. The molecule has 0 radical (unpaired) electrons. The number of nitrogens with one attached hydrogen (secondary N) is 1. The number of hydrogen-bond acceptors (Lipinski definition) is 4. The molecule has 11 heteroatoms. The van der Waals surface area contributed by atoms with Crippen LogP contribution in [0.2, 0.25) is 0 Å². The molecule has 0 heterocycles. The fourth-order valence-electron chi connectivity index (χ4n) is 1.64. The number of rotatable bonds is 7. The van der Waals surface area contributed by atoms with Gasteiger partial charge in [-0.2, -0.15) is 0 Å². The standard InChI is InChI=1S/C10H15NO8P2/c12-9(13)8(6-7-4-2-1-3-5-7)11-10(20(14,15)16)21(17,18)19/h1-5,8,10-11H,6H2,(H,12,13)(H2,14,15,16)(H2,17,18,19)/t8-/m0/s1. The zero-order valence-electron chi connectivity index (χ0n) is 10.6. The zero-order valence-corrected chi connectivity index (χ0v) is 12.4. The van der Waals surface area contributed by atoms with Gasteiger partial charge in [-0.25, -0.2) is 0 Å². The van der Waals surface area contributed by atoms with E-state index < -0.39 is 32.7 Å². The highest BCUT2D eigenvalue weighted by Crippen LogP contribution is 2.58. The van der Waals surface area contributed by atoms with E-state index >= 15 is 0 Å². The first-order valence-corrected chi connectivity index (χ1v) is 9.01. The minimum Gasteiger partial charge on any atom is -0.480 e. The van der Waals surface area contributed by atoms with Crippen LogP contribution in [0.15, 0.2) is 30.3 Å². The molecule has 6 N–H and O–H groups in total. The lowest BCUT2D eigenvalue weighted by atomic mass is 10.1. The Morgan fingerprint density at radius 2 is 1.52 bits per heavy atom. The zero-order chi connectivity index (χ0) is 16.3. The molecule has 1 atom stereocenters. The minimum absolute atomic E-state index is 0.188. The van der Waals surface area contributed by atoms with Crippen molar-refractivity contribution >= 4 is 21.2 Å². The fraction of sp³-hybridized carbons (Fsp3) is 0.300. The molecule has 0 unspecified atom stereocenters. The minimum atomic E-state index is -5.23. The first-order chi connectivity index (χ1) is 9.51. The van der Waals surface area contributed by atoms with E-state index in [1.165, 1.54) is 0 Å². The summed E-state index contributed by atoms with van der Waals surface area (Å²) in [5.41, 5.74) is -2.03. The van der Waals surface area contributed by atoms with Gasteiger partial charge in [0.2, 0.25) is 5.52 Å². The van der Waals surface area contributed by atoms with Gasteiger partial charge >= 0.3 is 21.2 Å². The SMILES string of the molecule is O=C(O)[C@H](Cc1ccccc1)NC(P(=O)(O)O)P(=O)(O)O. The lowest BCUT2D eigenvalue weighted by Crippen LogP contribution is -2.44. The van der Waals surface area contributed by atoms with Crippen molar-refractivity contribution in [1.82, 2.24) is 5.32 Å². The van der Waals surface area contributed by atoms with E-state index in [4.69, 9.17) is 24.7 Å². The van der Waals surface area contributed by atoms with Crippen LogP contribution in [-0.4, -0.2) is 42.2 Å². The second kappa shape index (κ2) is 6.81. The number of carbonyl (C=O) groups is 1. The van der Waals surface area contributed by atoms with Crippen LogP contribution >= 0.6 is 15.2 Å². The Bertz CT molecular complexity index is 558. The van der Waals surface area contributed by atoms with E-state index in [0.717, 1.165) is 0 Å². The smallest absolute Gasteiger partial charge is 0.354 e. The summed E-state index contributed by atoms with van der Waals surface area (Å²) >= 11 is 0. The van der Waals surface area contributed by atoms with Gasteiger partial charge in [-0.1, -0.05) is 30.3 Å². The molecule has 0 saturated carbocycles. The van der Waals surface area contributed by atoms with Gasteiger partial charge in [-0.3, -0.25) is 19.2 Å². The molecule has 0 aliphatic heterocycles. The van der Waals surface area contributed by atoms with E-state index in [9.17, 15) is 13.9 Å². The molecule has 0 aliphatic carbocycles. The molecule has 0 amide bonds. The van der Waals surface area contributed by atoms with Crippen LogP contribution in [0.25, 0.3) is 0 Å². The third-order valence-corrected chi connectivity index (χ3v) is 5.95. The second-order valence-electron chi connectivity index (χ2n) is 4.30. The maximum atomic E-state index is 11.1. The Balaban J connectivity index is 2.99. The van der Waals surface area contributed by atoms with Crippen LogP contribution in [-0.2, 0) is 20.3 Å². The van der Waals surface area contributed by atoms with Gasteiger partial charge in [0.15, 0.2) is 0 Å². The molecule has 1 aromatic rings. The predicted molar refractivity (Wildman–Crippen MR) is 72.6 cm³/mol. The highest BCUT2D eigenvalue weighted by molar-refractivity contribution is 7.70. The van der Waals surface area contributed by atoms with E-state index in [-0.39, 0.29) is 6.42 Å².